The first-order valence-electron chi connectivity index (χ1n) is 10.0. The zero-order valence-electron chi connectivity index (χ0n) is 17.6. The molecular formula is C23H25Cl2N3O3. The molecule has 164 valence electrons. The minimum Gasteiger partial charge on any atom is -0.352 e. The number of carbonyl (C=O) groups is 3. The summed E-state index contributed by atoms with van der Waals surface area (Å²) in [5.41, 5.74) is 1.23. The van der Waals surface area contributed by atoms with Crippen molar-refractivity contribution in [3.63, 3.8) is 0 Å². The van der Waals surface area contributed by atoms with Gasteiger partial charge in [0.25, 0.3) is 11.8 Å². The van der Waals surface area contributed by atoms with Gasteiger partial charge in [0.1, 0.15) is 0 Å². The van der Waals surface area contributed by atoms with Crippen molar-refractivity contribution in [2.24, 2.45) is 5.41 Å². The van der Waals surface area contributed by atoms with E-state index in [1.54, 1.807) is 36.4 Å². The van der Waals surface area contributed by atoms with E-state index in [4.69, 9.17) is 23.2 Å². The highest BCUT2D eigenvalue weighted by atomic mass is 35.5. The van der Waals surface area contributed by atoms with Gasteiger partial charge in [-0.25, -0.2) is 0 Å². The maximum Gasteiger partial charge on any atom is 0.257 e. The minimum absolute atomic E-state index is 0.0911. The summed E-state index contributed by atoms with van der Waals surface area (Å²) in [4.78, 5) is 37.3. The van der Waals surface area contributed by atoms with Crippen molar-refractivity contribution in [3.8, 4) is 0 Å². The van der Waals surface area contributed by atoms with E-state index in [0.29, 0.717) is 16.3 Å². The van der Waals surface area contributed by atoms with Crippen LogP contribution in [0.2, 0.25) is 10.0 Å². The summed E-state index contributed by atoms with van der Waals surface area (Å²) >= 11 is 12.4. The normalized spacial score (nSPS) is 13.5. The number of benzene rings is 2. The number of carbonyl (C=O) groups excluding carboxylic acids is 3. The third-order valence-electron chi connectivity index (χ3n) is 4.79. The number of hydrogen-bond donors (Lipinski definition) is 3. The molecule has 0 aliphatic heterocycles. The first kappa shape index (κ1) is 23.1. The molecule has 3 amide bonds. The van der Waals surface area contributed by atoms with Crippen LogP contribution < -0.4 is 16.0 Å². The summed E-state index contributed by atoms with van der Waals surface area (Å²) in [7, 11) is 0. The van der Waals surface area contributed by atoms with Crippen LogP contribution >= 0.6 is 23.2 Å². The molecule has 0 heterocycles. The molecule has 3 rings (SSSR count). The SMILES string of the molecule is CC(C)(C)C(=O)NCc1ccc(Cl)c(C(=O)Nc2ccc(Cl)c(C(=O)NC3CC3)c2)c1. The lowest BCUT2D eigenvalue weighted by molar-refractivity contribution is -0.128. The zero-order chi connectivity index (χ0) is 22.8. The number of rotatable bonds is 6. The average Bonchev–Trinajstić information content (AvgIpc) is 3.51. The fourth-order valence-electron chi connectivity index (χ4n) is 2.77. The summed E-state index contributed by atoms with van der Waals surface area (Å²) < 4.78 is 0. The van der Waals surface area contributed by atoms with Crippen molar-refractivity contribution in [1.82, 2.24) is 10.6 Å². The van der Waals surface area contributed by atoms with Crippen LogP contribution in [0.15, 0.2) is 36.4 Å². The standard InChI is InChI=1S/C23H25Cl2N3O3/c1-23(2,3)22(31)26-12-13-4-8-18(24)16(10-13)20(29)28-15-7-9-19(25)17(11-15)21(30)27-14-5-6-14/h4,7-11,14H,5-6,12H2,1-3H3,(H,26,31)(H,27,30)(H,28,29). The van der Waals surface area contributed by atoms with Crippen LogP contribution in [0.5, 0.6) is 0 Å². The Morgan fingerprint density at radius 3 is 2.16 bits per heavy atom. The molecule has 2 aromatic rings. The molecule has 0 radical (unpaired) electrons. The van der Waals surface area contributed by atoms with Crippen LogP contribution in [-0.2, 0) is 11.3 Å². The second-order valence-corrected chi connectivity index (χ2v) is 9.46. The molecule has 3 N–H and O–H groups in total. The van der Waals surface area contributed by atoms with Gasteiger partial charge in [-0.2, -0.15) is 0 Å². The van der Waals surface area contributed by atoms with E-state index in [0.717, 1.165) is 18.4 Å². The highest BCUT2D eigenvalue weighted by Gasteiger charge is 2.25. The van der Waals surface area contributed by atoms with E-state index in [9.17, 15) is 14.4 Å². The van der Waals surface area contributed by atoms with Crippen LogP contribution in [0.25, 0.3) is 0 Å². The fourth-order valence-corrected chi connectivity index (χ4v) is 3.18. The Morgan fingerprint density at radius 1 is 0.935 bits per heavy atom. The molecule has 0 spiro atoms. The third-order valence-corrected chi connectivity index (χ3v) is 5.45. The number of amides is 3. The maximum atomic E-state index is 12.8. The van der Waals surface area contributed by atoms with E-state index >= 15 is 0 Å². The lowest BCUT2D eigenvalue weighted by Crippen LogP contribution is -2.34. The highest BCUT2D eigenvalue weighted by molar-refractivity contribution is 6.35. The van der Waals surface area contributed by atoms with E-state index in [1.807, 2.05) is 20.8 Å². The van der Waals surface area contributed by atoms with Crippen molar-refractivity contribution >= 4 is 46.6 Å². The van der Waals surface area contributed by atoms with Crippen molar-refractivity contribution in [2.45, 2.75) is 46.2 Å². The van der Waals surface area contributed by atoms with Crippen LogP contribution in [-0.4, -0.2) is 23.8 Å². The van der Waals surface area contributed by atoms with Gasteiger partial charge in [0.05, 0.1) is 21.2 Å². The number of hydrogen-bond acceptors (Lipinski definition) is 3. The molecule has 0 unspecified atom stereocenters. The van der Waals surface area contributed by atoms with E-state index < -0.39 is 11.3 Å². The molecule has 0 aromatic heterocycles. The molecular weight excluding hydrogens is 437 g/mol. The number of halogens is 2. The first-order chi connectivity index (χ1) is 14.5. The van der Waals surface area contributed by atoms with Crippen molar-refractivity contribution in [1.29, 1.82) is 0 Å². The second kappa shape index (κ2) is 9.28. The molecule has 1 aliphatic rings. The highest BCUT2D eigenvalue weighted by Crippen LogP contribution is 2.25. The number of nitrogens with one attached hydrogen (secondary N) is 3. The predicted octanol–water partition coefficient (Wildman–Crippen LogP) is 4.80. The van der Waals surface area contributed by atoms with Gasteiger partial charge in [0.15, 0.2) is 0 Å². The summed E-state index contributed by atoms with van der Waals surface area (Å²) in [6.07, 6.45) is 1.93. The van der Waals surface area contributed by atoms with Gasteiger partial charge in [0.2, 0.25) is 5.91 Å². The Hall–Kier alpha value is -2.57. The summed E-state index contributed by atoms with van der Waals surface area (Å²) in [5.74, 6) is -0.783. The molecule has 0 bridgehead atoms. The van der Waals surface area contributed by atoms with E-state index in [1.165, 1.54) is 0 Å². The second-order valence-electron chi connectivity index (χ2n) is 8.64. The Morgan fingerprint density at radius 2 is 1.55 bits per heavy atom. The van der Waals surface area contributed by atoms with Gasteiger partial charge < -0.3 is 16.0 Å². The quantitative estimate of drug-likeness (QED) is 0.577. The molecule has 6 nitrogen and oxygen atoms in total. The summed E-state index contributed by atoms with van der Waals surface area (Å²) in [5, 5.41) is 9.08. The number of anilines is 1. The van der Waals surface area contributed by atoms with Crippen LogP contribution in [0.3, 0.4) is 0 Å². The lowest BCUT2D eigenvalue weighted by atomic mass is 9.95. The van der Waals surface area contributed by atoms with Crippen LogP contribution in [0, 0.1) is 5.41 Å². The molecule has 1 aliphatic carbocycles. The summed E-state index contributed by atoms with van der Waals surface area (Å²) in [6, 6.07) is 9.93. The predicted molar refractivity (Wildman–Crippen MR) is 123 cm³/mol. The average molecular weight is 462 g/mol. The Kier molecular flexibility index (Phi) is 6.92. The molecule has 2 aromatic carbocycles. The lowest BCUT2D eigenvalue weighted by Gasteiger charge is -2.18. The maximum absolute atomic E-state index is 12.8. The Balaban J connectivity index is 1.72. The van der Waals surface area contributed by atoms with Gasteiger partial charge >= 0.3 is 0 Å². The molecule has 0 atom stereocenters. The molecule has 31 heavy (non-hydrogen) atoms. The fraction of sp³-hybridized carbons (Fsp3) is 0.348. The van der Waals surface area contributed by atoms with Gasteiger partial charge in [-0.05, 0) is 48.7 Å². The topological polar surface area (TPSA) is 87.3 Å². The van der Waals surface area contributed by atoms with Crippen LogP contribution in [0.1, 0.15) is 59.9 Å². The van der Waals surface area contributed by atoms with Crippen molar-refractivity contribution in [3.05, 3.63) is 63.1 Å². The monoisotopic (exact) mass is 461 g/mol. The van der Waals surface area contributed by atoms with Gasteiger partial charge in [0, 0.05) is 23.7 Å². The van der Waals surface area contributed by atoms with Crippen molar-refractivity contribution in [2.75, 3.05) is 5.32 Å². The third kappa shape index (κ3) is 6.21. The van der Waals surface area contributed by atoms with Gasteiger partial charge in [-0.15, -0.1) is 0 Å². The smallest absolute Gasteiger partial charge is 0.257 e. The molecule has 0 saturated heterocycles. The first-order valence-corrected chi connectivity index (χ1v) is 10.8. The zero-order valence-corrected chi connectivity index (χ0v) is 19.2. The van der Waals surface area contributed by atoms with Crippen molar-refractivity contribution < 1.29 is 14.4 Å². The van der Waals surface area contributed by atoms with E-state index in [-0.39, 0.29) is 35.0 Å². The largest absolute Gasteiger partial charge is 0.352 e. The Bertz CT molecular complexity index is 1030. The van der Waals surface area contributed by atoms with E-state index in [2.05, 4.69) is 16.0 Å². The molecule has 1 saturated carbocycles. The van der Waals surface area contributed by atoms with Gasteiger partial charge in [-0.1, -0.05) is 50.0 Å². The Labute approximate surface area is 191 Å². The molecule has 1 fully saturated rings. The molecule has 8 heteroatoms. The summed E-state index contributed by atoms with van der Waals surface area (Å²) in [6.45, 7) is 5.76. The van der Waals surface area contributed by atoms with Gasteiger partial charge in [-0.3, -0.25) is 14.4 Å². The minimum atomic E-state index is -0.509. The van der Waals surface area contributed by atoms with Crippen LogP contribution in [0.4, 0.5) is 5.69 Å².